The first kappa shape index (κ1) is 19.3. The van der Waals surface area contributed by atoms with Crippen LogP contribution in [0.15, 0.2) is 113 Å². The van der Waals surface area contributed by atoms with Crippen LogP contribution in [0, 0.1) is 0 Å². The molecule has 2 heterocycles. The Hall–Kier alpha value is -3.37. The summed E-state index contributed by atoms with van der Waals surface area (Å²) in [5.74, 6) is 0.942. The van der Waals surface area contributed by atoms with E-state index >= 15 is 0 Å². The van der Waals surface area contributed by atoms with Crippen LogP contribution in [0.4, 0.5) is 0 Å². The molecule has 2 aliphatic heterocycles. The van der Waals surface area contributed by atoms with Crippen molar-refractivity contribution in [3.63, 3.8) is 0 Å². The third kappa shape index (κ3) is 3.41. The highest BCUT2D eigenvalue weighted by Gasteiger charge is 2.40. The molecule has 2 aliphatic rings. The van der Waals surface area contributed by atoms with Crippen molar-refractivity contribution in [2.45, 2.75) is 18.7 Å². The third-order valence-electron chi connectivity index (χ3n) is 6.18. The van der Waals surface area contributed by atoms with Gasteiger partial charge in [0.1, 0.15) is 5.75 Å². The summed E-state index contributed by atoms with van der Waals surface area (Å²) in [6.07, 6.45) is 0.613. The number of benzene rings is 4. The highest BCUT2D eigenvalue weighted by atomic mass is 79.9. The minimum absolute atomic E-state index is 0.164. The number of ether oxygens (including phenoxy) is 1. The number of hydrogen-bond donors (Lipinski definition) is 0. The van der Waals surface area contributed by atoms with E-state index in [1.54, 1.807) is 0 Å². The van der Waals surface area contributed by atoms with Gasteiger partial charge in [0.15, 0.2) is 0 Å². The van der Waals surface area contributed by atoms with Gasteiger partial charge in [0.05, 0.1) is 11.8 Å². The number of nitrogens with zero attached hydrogens (tertiary/aromatic N) is 2. The lowest BCUT2D eigenvalue weighted by molar-refractivity contribution is -0.0190. The fourth-order valence-electron chi connectivity index (χ4n) is 4.54. The van der Waals surface area contributed by atoms with Crippen molar-refractivity contribution in [3.8, 4) is 16.9 Å². The molecule has 0 aromatic heterocycles. The standard InChI is InChI=1S/C28H21BrN2O/c29-23-16-14-22(15-17-23)28-31-26(24-8-4-5-9-27(24)32-28)18-25(30-31)21-12-10-20(11-13-21)19-6-2-1-3-7-19/h1-17,26,28H,18H2/t26-,28-/m0/s1. The van der Waals surface area contributed by atoms with Gasteiger partial charge in [0, 0.05) is 22.0 Å². The Kier molecular flexibility index (Phi) is 4.80. The lowest BCUT2D eigenvalue weighted by atomic mass is 9.95. The van der Waals surface area contributed by atoms with E-state index < -0.39 is 0 Å². The summed E-state index contributed by atoms with van der Waals surface area (Å²) < 4.78 is 7.49. The van der Waals surface area contributed by atoms with Crippen LogP contribution >= 0.6 is 15.9 Å². The minimum atomic E-state index is -0.246. The highest BCUT2D eigenvalue weighted by Crippen LogP contribution is 2.47. The van der Waals surface area contributed by atoms with Crippen LogP contribution in [0.3, 0.4) is 0 Å². The molecule has 4 aromatic carbocycles. The SMILES string of the molecule is Brc1ccc([C@@H]2Oc3ccccc3[C@@H]3CC(c4ccc(-c5ccccc5)cc4)=NN32)cc1. The van der Waals surface area contributed by atoms with Crippen LogP contribution < -0.4 is 4.74 Å². The van der Waals surface area contributed by atoms with Crippen LogP contribution in [0.2, 0.25) is 0 Å². The van der Waals surface area contributed by atoms with Crippen molar-refractivity contribution < 1.29 is 4.74 Å². The van der Waals surface area contributed by atoms with Gasteiger partial charge in [-0.05, 0) is 34.9 Å². The van der Waals surface area contributed by atoms with Gasteiger partial charge in [0.2, 0.25) is 6.23 Å². The fourth-order valence-corrected chi connectivity index (χ4v) is 4.81. The molecule has 3 nitrogen and oxygen atoms in total. The van der Waals surface area contributed by atoms with Gasteiger partial charge in [-0.3, -0.25) is 0 Å². The van der Waals surface area contributed by atoms with Crippen molar-refractivity contribution in [2.75, 3.05) is 0 Å². The Labute approximate surface area is 196 Å². The average molecular weight is 481 g/mol. The van der Waals surface area contributed by atoms with Gasteiger partial charge in [-0.2, -0.15) is 5.10 Å². The van der Waals surface area contributed by atoms with Crippen molar-refractivity contribution in [1.82, 2.24) is 5.01 Å². The molecular formula is C28H21BrN2O. The largest absolute Gasteiger partial charge is 0.464 e. The van der Waals surface area contributed by atoms with Crippen LogP contribution in [0.5, 0.6) is 5.75 Å². The second-order valence-electron chi connectivity index (χ2n) is 8.15. The summed E-state index contributed by atoms with van der Waals surface area (Å²) in [5, 5.41) is 7.21. The van der Waals surface area contributed by atoms with Gasteiger partial charge in [-0.1, -0.05) is 101 Å². The maximum Gasteiger partial charge on any atom is 0.213 e. The Morgan fingerprint density at radius 3 is 2.16 bits per heavy atom. The molecule has 0 N–H and O–H groups in total. The van der Waals surface area contributed by atoms with E-state index in [1.165, 1.54) is 16.7 Å². The van der Waals surface area contributed by atoms with E-state index in [-0.39, 0.29) is 12.3 Å². The molecule has 0 spiro atoms. The van der Waals surface area contributed by atoms with Gasteiger partial charge in [0.25, 0.3) is 0 Å². The van der Waals surface area contributed by atoms with Crippen LogP contribution in [-0.2, 0) is 0 Å². The van der Waals surface area contributed by atoms with Crippen LogP contribution in [0.25, 0.3) is 11.1 Å². The Morgan fingerprint density at radius 2 is 1.38 bits per heavy atom. The summed E-state index contributed by atoms with van der Waals surface area (Å²) in [6, 6.07) is 36.0. The van der Waals surface area contributed by atoms with Crippen molar-refractivity contribution in [2.24, 2.45) is 5.10 Å². The van der Waals surface area contributed by atoms with Gasteiger partial charge < -0.3 is 4.74 Å². The van der Waals surface area contributed by atoms with Crippen LogP contribution in [-0.4, -0.2) is 10.7 Å². The summed E-state index contributed by atoms with van der Waals surface area (Å²) in [5.41, 5.74) is 6.98. The number of halogens is 1. The van der Waals surface area contributed by atoms with E-state index in [4.69, 9.17) is 9.84 Å². The molecule has 4 heteroatoms. The second kappa shape index (κ2) is 7.95. The summed E-state index contributed by atoms with van der Waals surface area (Å²) >= 11 is 3.53. The second-order valence-corrected chi connectivity index (χ2v) is 9.07. The zero-order chi connectivity index (χ0) is 21.5. The van der Waals surface area contributed by atoms with E-state index in [1.807, 2.05) is 12.1 Å². The first-order valence-corrected chi connectivity index (χ1v) is 11.6. The van der Waals surface area contributed by atoms with Crippen molar-refractivity contribution >= 4 is 21.6 Å². The topological polar surface area (TPSA) is 24.8 Å². The molecule has 0 saturated heterocycles. The minimum Gasteiger partial charge on any atom is -0.464 e. The predicted octanol–water partition coefficient (Wildman–Crippen LogP) is 7.36. The van der Waals surface area contributed by atoms with E-state index in [9.17, 15) is 0 Å². The quantitative estimate of drug-likeness (QED) is 0.306. The molecular weight excluding hydrogens is 460 g/mol. The maximum atomic E-state index is 6.44. The number of para-hydroxylation sites is 1. The number of hydrogen-bond acceptors (Lipinski definition) is 3. The molecule has 6 rings (SSSR count). The Bertz CT molecular complexity index is 1280. The molecule has 0 amide bonds. The number of hydrazone groups is 1. The summed E-state index contributed by atoms with van der Waals surface area (Å²) in [6.45, 7) is 0. The molecule has 32 heavy (non-hydrogen) atoms. The number of rotatable bonds is 3. The molecule has 0 saturated carbocycles. The maximum absolute atomic E-state index is 6.44. The monoisotopic (exact) mass is 480 g/mol. The lowest BCUT2D eigenvalue weighted by Crippen LogP contribution is -2.33. The molecule has 0 radical (unpaired) electrons. The summed E-state index contributed by atoms with van der Waals surface area (Å²) in [4.78, 5) is 0. The van der Waals surface area contributed by atoms with E-state index in [0.717, 1.165) is 33.5 Å². The predicted molar refractivity (Wildman–Crippen MR) is 132 cm³/mol. The van der Waals surface area contributed by atoms with Gasteiger partial charge >= 0.3 is 0 Å². The van der Waals surface area contributed by atoms with Gasteiger partial charge in [-0.15, -0.1) is 0 Å². The molecule has 0 fully saturated rings. The Morgan fingerprint density at radius 1 is 0.719 bits per heavy atom. The van der Waals surface area contributed by atoms with E-state index in [2.05, 4.69) is 112 Å². The molecule has 0 aliphatic carbocycles. The third-order valence-corrected chi connectivity index (χ3v) is 6.71. The zero-order valence-electron chi connectivity index (χ0n) is 17.4. The average Bonchev–Trinajstić information content (AvgIpc) is 3.31. The fraction of sp³-hybridized carbons (Fsp3) is 0.107. The highest BCUT2D eigenvalue weighted by molar-refractivity contribution is 9.10. The van der Waals surface area contributed by atoms with Crippen LogP contribution in [0.1, 0.15) is 35.4 Å². The van der Waals surface area contributed by atoms with E-state index in [0.29, 0.717) is 0 Å². The molecule has 156 valence electrons. The Balaban J connectivity index is 1.36. The first-order chi connectivity index (χ1) is 15.8. The van der Waals surface area contributed by atoms with Crippen molar-refractivity contribution in [1.29, 1.82) is 0 Å². The smallest absolute Gasteiger partial charge is 0.213 e. The molecule has 0 bridgehead atoms. The normalized spacial score (nSPS) is 19.0. The molecule has 2 atom stereocenters. The molecule has 4 aromatic rings. The molecule has 0 unspecified atom stereocenters. The summed E-state index contributed by atoms with van der Waals surface area (Å²) in [7, 11) is 0. The van der Waals surface area contributed by atoms with Crippen molar-refractivity contribution in [3.05, 3.63) is 124 Å². The first-order valence-electron chi connectivity index (χ1n) is 10.8. The lowest BCUT2D eigenvalue weighted by Gasteiger charge is -2.38. The van der Waals surface area contributed by atoms with Gasteiger partial charge in [-0.25, -0.2) is 5.01 Å². The number of fused-ring (bicyclic) bond motifs is 3. The zero-order valence-corrected chi connectivity index (χ0v) is 18.9.